The number of hydrogen-bond donors (Lipinski definition) is 0. The van der Waals surface area contributed by atoms with Crippen LogP contribution in [-0.4, -0.2) is 50.1 Å². The first-order chi connectivity index (χ1) is 12.1. The van der Waals surface area contributed by atoms with Crippen LogP contribution in [0.25, 0.3) is 10.2 Å². The maximum absolute atomic E-state index is 13.2. The van der Waals surface area contributed by atoms with Crippen LogP contribution in [-0.2, 0) is 4.79 Å². The van der Waals surface area contributed by atoms with Crippen LogP contribution in [0.4, 0.5) is 5.13 Å². The number of carbonyl (C=O) groups is 1. The minimum Gasteiger partial charge on any atom is -0.497 e. The van der Waals surface area contributed by atoms with Crippen molar-refractivity contribution in [2.75, 3.05) is 39.2 Å². The van der Waals surface area contributed by atoms with E-state index >= 15 is 0 Å². The molecule has 0 aliphatic heterocycles. The van der Waals surface area contributed by atoms with E-state index in [4.69, 9.17) is 9.72 Å². The zero-order valence-corrected chi connectivity index (χ0v) is 16.1. The summed E-state index contributed by atoms with van der Waals surface area (Å²) in [7, 11) is 5.73. The molecule has 0 saturated heterocycles. The third-order valence-electron chi connectivity index (χ3n) is 4.81. The van der Waals surface area contributed by atoms with Crippen LogP contribution in [0.2, 0.25) is 0 Å². The van der Waals surface area contributed by atoms with Crippen molar-refractivity contribution in [2.45, 2.75) is 32.1 Å². The minimum absolute atomic E-state index is 0.150. The van der Waals surface area contributed by atoms with Crippen molar-refractivity contribution in [1.82, 2.24) is 9.88 Å². The Kier molecular flexibility index (Phi) is 5.91. The maximum Gasteiger partial charge on any atom is 0.231 e. The summed E-state index contributed by atoms with van der Waals surface area (Å²) in [5.74, 6) is 1.19. The molecule has 1 aliphatic rings. The predicted molar refractivity (Wildman–Crippen MR) is 104 cm³/mol. The van der Waals surface area contributed by atoms with Gasteiger partial charge in [0, 0.05) is 25.1 Å². The van der Waals surface area contributed by atoms with E-state index in [1.165, 1.54) is 6.42 Å². The third-order valence-corrected chi connectivity index (χ3v) is 5.86. The van der Waals surface area contributed by atoms with Crippen LogP contribution >= 0.6 is 11.3 Å². The normalized spacial score (nSPS) is 15.7. The third kappa shape index (κ3) is 4.30. The highest BCUT2D eigenvalue weighted by atomic mass is 32.1. The number of rotatable bonds is 6. The average Bonchev–Trinajstić information content (AvgIpc) is 3.04. The van der Waals surface area contributed by atoms with Gasteiger partial charge in [-0.15, -0.1) is 0 Å². The molecule has 0 atom stereocenters. The maximum atomic E-state index is 13.2. The highest BCUT2D eigenvalue weighted by Crippen LogP contribution is 2.33. The van der Waals surface area contributed by atoms with Gasteiger partial charge in [0.2, 0.25) is 5.91 Å². The first-order valence-electron chi connectivity index (χ1n) is 8.99. The largest absolute Gasteiger partial charge is 0.497 e. The van der Waals surface area contributed by atoms with Gasteiger partial charge < -0.3 is 9.64 Å². The summed E-state index contributed by atoms with van der Waals surface area (Å²) in [5.41, 5.74) is 0.894. The van der Waals surface area contributed by atoms with Crippen molar-refractivity contribution in [3.63, 3.8) is 0 Å². The van der Waals surface area contributed by atoms with Gasteiger partial charge in [0.05, 0.1) is 17.3 Å². The number of likely N-dealkylation sites (N-methyl/N-ethyl adjacent to an activating group) is 1. The van der Waals surface area contributed by atoms with Crippen molar-refractivity contribution < 1.29 is 9.53 Å². The van der Waals surface area contributed by atoms with E-state index in [0.717, 1.165) is 53.3 Å². The van der Waals surface area contributed by atoms with Gasteiger partial charge in [-0.05, 0) is 39.1 Å². The van der Waals surface area contributed by atoms with Crippen molar-refractivity contribution in [2.24, 2.45) is 5.92 Å². The molecule has 136 valence electrons. The molecule has 1 saturated carbocycles. The first-order valence-corrected chi connectivity index (χ1v) is 9.81. The number of methoxy groups -OCH3 is 1. The Bertz CT molecular complexity index is 723. The van der Waals surface area contributed by atoms with Gasteiger partial charge in [0.25, 0.3) is 0 Å². The summed E-state index contributed by atoms with van der Waals surface area (Å²) < 4.78 is 6.38. The Balaban J connectivity index is 1.88. The van der Waals surface area contributed by atoms with Crippen LogP contribution in [0.3, 0.4) is 0 Å². The van der Waals surface area contributed by atoms with E-state index in [0.29, 0.717) is 6.54 Å². The molecule has 1 aromatic heterocycles. The van der Waals surface area contributed by atoms with Crippen molar-refractivity contribution in [3.05, 3.63) is 18.2 Å². The molecule has 3 rings (SSSR count). The first kappa shape index (κ1) is 18.1. The standard InChI is InChI=1S/C19H27N3O2S/c1-21(2)11-12-22(18(23)14-7-5-4-6-8-14)19-20-16-13-15(24-3)9-10-17(16)25-19/h9-10,13-14H,4-8,11-12H2,1-3H3. The van der Waals surface area contributed by atoms with Crippen LogP contribution < -0.4 is 9.64 Å². The van der Waals surface area contributed by atoms with Crippen molar-refractivity contribution in [1.29, 1.82) is 0 Å². The lowest BCUT2D eigenvalue weighted by molar-refractivity contribution is -0.123. The minimum atomic E-state index is 0.150. The lowest BCUT2D eigenvalue weighted by Crippen LogP contribution is -2.41. The Morgan fingerprint density at radius 3 is 2.68 bits per heavy atom. The second kappa shape index (κ2) is 8.15. The van der Waals surface area contributed by atoms with Gasteiger partial charge in [-0.25, -0.2) is 4.98 Å². The summed E-state index contributed by atoms with van der Waals surface area (Å²) >= 11 is 1.59. The van der Waals surface area contributed by atoms with Crippen molar-refractivity contribution in [3.8, 4) is 5.75 Å². The van der Waals surface area contributed by atoms with E-state index in [2.05, 4.69) is 4.90 Å². The molecule has 1 heterocycles. The van der Waals surface area contributed by atoms with Gasteiger partial charge in [0.1, 0.15) is 5.75 Å². The smallest absolute Gasteiger partial charge is 0.231 e. The number of anilines is 1. The molecule has 25 heavy (non-hydrogen) atoms. The van der Waals surface area contributed by atoms with Crippen LogP contribution in [0.15, 0.2) is 18.2 Å². The zero-order valence-electron chi connectivity index (χ0n) is 15.3. The number of aromatic nitrogens is 1. The van der Waals surface area contributed by atoms with E-state index in [9.17, 15) is 4.79 Å². The molecule has 0 unspecified atom stereocenters. The zero-order chi connectivity index (χ0) is 17.8. The Morgan fingerprint density at radius 2 is 2.00 bits per heavy atom. The van der Waals surface area contributed by atoms with Gasteiger partial charge >= 0.3 is 0 Å². The summed E-state index contributed by atoms with van der Waals surface area (Å²) in [4.78, 5) is 21.9. The molecule has 0 spiro atoms. The Morgan fingerprint density at radius 1 is 1.24 bits per heavy atom. The number of hydrogen-bond acceptors (Lipinski definition) is 5. The second-order valence-electron chi connectivity index (χ2n) is 6.96. The van der Waals surface area contributed by atoms with Crippen LogP contribution in [0.5, 0.6) is 5.75 Å². The molecule has 0 N–H and O–H groups in total. The van der Waals surface area contributed by atoms with Crippen LogP contribution in [0, 0.1) is 5.92 Å². The number of benzene rings is 1. The molecule has 5 nitrogen and oxygen atoms in total. The lowest BCUT2D eigenvalue weighted by Gasteiger charge is -2.28. The Labute approximate surface area is 153 Å². The van der Waals surface area contributed by atoms with Crippen LogP contribution in [0.1, 0.15) is 32.1 Å². The van der Waals surface area contributed by atoms with Gasteiger partial charge in [-0.1, -0.05) is 30.6 Å². The summed E-state index contributed by atoms with van der Waals surface area (Å²) in [5, 5.41) is 0.806. The van der Waals surface area contributed by atoms with Gasteiger partial charge in [0.15, 0.2) is 5.13 Å². The number of amides is 1. The molecular formula is C19H27N3O2S. The molecule has 1 amide bonds. The fourth-order valence-corrected chi connectivity index (χ4v) is 4.28. The molecule has 1 aromatic carbocycles. The predicted octanol–water partition coefficient (Wildman–Crippen LogP) is 3.78. The molecule has 0 bridgehead atoms. The molecule has 0 radical (unpaired) electrons. The van der Waals surface area contributed by atoms with Crippen molar-refractivity contribution >= 4 is 32.6 Å². The lowest BCUT2D eigenvalue weighted by atomic mass is 9.88. The SMILES string of the molecule is COc1ccc2sc(N(CCN(C)C)C(=O)C3CCCCC3)nc2c1. The Hall–Kier alpha value is -1.66. The van der Waals surface area contributed by atoms with E-state index in [1.54, 1.807) is 18.4 Å². The summed E-state index contributed by atoms with van der Waals surface area (Å²) in [6.07, 6.45) is 5.60. The summed E-state index contributed by atoms with van der Waals surface area (Å²) in [6.45, 7) is 1.51. The van der Waals surface area contributed by atoms with Gasteiger partial charge in [-0.3, -0.25) is 9.69 Å². The highest BCUT2D eigenvalue weighted by molar-refractivity contribution is 7.22. The molecule has 6 heteroatoms. The van der Waals surface area contributed by atoms with E-state index in [-0.39, 0.29) is 11.8 Å². The average molecular weight is 362 g/mol. The summed E-state index contributed by atoms with van der Waals surface area (Å²) in [6, 6.07) is 5.90. The molecular weight excluding hydrogens is 334 g/mol. The molecule has 1 aliphatic carbocycles. The number of fused-ring (bicyclic) bond motifs is 1. The topological polar surface area (TPSA) is 45.7 Å². The highest BCUT2D eigenvalue weighted by Gasteiger charge is 2.28. The number of carbonyl (C=O) groups excluding carboxylic acids is 1. The molecule has 2 aromatic rings. The number of ether oxygens (including phenoxy) is 1. The fraction of sp³-hybridized carbons (Fsp3) is 0.579. The fourth-order valence-electron chi connectivity index (χ4n) is 3.31. The monoisotopic (exact) mass is 361 g/mol. The van der Waals surface area contributed by atoms with E-state index < -0.39 is 0 Å². The molecule has 1 fully saturated rings. The van der Waals surface area contributed by atoms with E-state index in [1.807, 2.05) is 37.2 Å². The van der Waals surface area contributed by atoms with Gasteiger partial charge in [-0.2, -0.15) is 0 Å². The number of nitrogens with zero attached hydrogens (tertiary/aromatic N) is 3. The quantitative estimate of drug-likeness (QED) is 0.785. The second-order valence-corrected chi connectivity index (χ2v) is 7.97. The number of thiazole rings is 1.